The molecule has 1 aromatic heterocycles. The average Bonchev–Trinajstić information content (AvgIpc) is 3.33. The van der Waals surface area contributed by atoms with Gasteiger partial charge >= 0.3 is 0 Å². The molecule has 1 aromatic carbocycles. The number of morpholine rings is 2. The quantitative estimate of drug-likeness (QED) is 0.606. The Morgan fingerprint density at radius 1 is 0.931 bits per heavy atom. The molecule has 0 aliphatic carbocycles. The first-order valence-corrected chi connectivity index (χ1v) is 10.3. The van der Waals surface area contributed by atoms with Crippen LogP contribution in [0.4, 0.5) is 0 Å². The van der Waals surface area contributed by atoms with Gasteiger partial charge in [-0.3, -0.25) is 4.79 Å². The predicted octanol–water partition coefficient (Wildman–Crippen LogP) is -0.589. The Morgan fingerprint density at radius 3 is 2.10 bits per heavy atom. The van der Waals surface area contributed by atoms with Crippen molar-refractivity contribution in [2.24, 2.45) is 0 Å². The number of carbonyl (C=O) groups is 1. The first kappa shape index (κ1) is 20.1. The Kier molecular flexibility index (Phi) is 6.61. The standard InChI is InChI=1S/C22H28N2O5/c1-26-18-6-4-17(5-7-18)20(23-8-13-27-14-9-23)21(24-10-15-28-16-11-24)22(25)19-3-2-12-29-19/h2-7,12,20-21H,8-11,13-16H2,1H3/p+2. The Morgan fingerprint density at radius 2 is 1.55 bits per heavy atom. The van der Waals surface area contributed by atoms with Gasteiger partial charge < -0.3 is 28.4 Å². The fraction of sp³-hybridized carbons (Fsp3) is 0.500. The van der Waals surface area contributed by atoms with Crippen LogP contribution in [0.3, 0.4) is 0 Å². The largest absolute Gasteiger partial charge is 0.497 e. The molecule has 0 saturated carbocycles. The second-order valence-electron chi connectivity index (χ2n) is 7.61. The predicted molar refractivity (Wildman–Crippen MR) is 106 cm³/mol. The van der Waals surface area contributed by atoms with E-state index in [0.29, 0.717) is 32.2 Å². The number of hydrogen-bond acceptors (Lipinski definition) is 5. The van der Waals surface area contributed by atoms with Crippen molar-refractivity contribution < 1.29 is 33.2 Å². The summed E-state index contributed by atoms with van der Waals surface area (Å²) < 4.78 is 22.1. The minimum atomic E-state index is -0.244. The Bertz CT molecular complexity index is 765. The summed E-state index contributed by atoms with van der Waals surface area (Å²) in [6.07, 6.45) is 1.57. The van der Waals surface area contributed by atoms with Gasteiger partial charge in [-0.2, -0.15) is 0 Å². The fourth-order valence-electron chi connectivity index (χ4n) is 4.51. The molecule has 2 N–H and O–H groups in total. The minimum absolute atomic E-state index is 0.00973. The number of ether oxygens (including phenoxy) is 3. The lowest BCUT2D eigenvalue weighted by atomic mass is 9.91. The van der Waals surface area contributed by atoms with E-state index < -0.39 is 0 Å². The zero-order valence-corrected chi connectivity index (χ0v) is 16.9. The number of hydrogen-bond donors (Lipinski definition) is 2. The van der Waals surface area contributed by atoms with Gasteiger partial charge in [-0.15, -0.1) is 0 Å². The van der Waals surface area contributed by atoms with Crippen molar-refractivity contribution in [1.82, 2.24) is 0 Å². The molecule has 0 spiro atoms. The van der Waals surface area contributed by atoms with Crippen molar-refractivity contribution in [3.05, 3.63) is 54.0 Å². The third-order valence-corrected chi connectivity index (χ3v) is 6.00. The maximum atomic E-state index is 13.7. The number of rotatable bonds is 7. The molecule has 0 radical (unpaired) electrons. The van der Waals surface area contributed by atoms with Gasteiger partial charge in [0.2, 0.25) is 6.04 Å². The van der Waals surface area contributed by atoms with Crippen LogP contribution in [0.25, 0.3) is 0 Å². The summed E-state index contributed by atoms with van der Waals surface area (Å²) in [6, 6.07) is 11.5. The van der Waals surface area contributed by atoms with Crippen molar-refractivity contribution >= 4 is 5.78 Å². The zero-order valence-electron chi connectivity index (χ0n) is 16.9. The van der Waals surface area contributed by atoms with Crippen LogP contribution in [0.1, 0.15) is 22.2 Å². The van der Waals surface area contributed by atoms with Gasteiger partial charge in [-0.05, 0) is 36.4 Å². The minimum Gasteiger partial charge on any atom is -0.497 e. The van der Waals surface area contributed by atoms with E-state index in [1.165, 1.54) is 9.80 Å². The van der Waals surface area contributed by atoms with Gasteiger partial charge in [-0.25, -0.2) is 0 Å². The van der Waals surface area contributed by atoms with E-state index >= 15 is 0 Å². The maximum absolute atomic E-state index is 13.7. The lowest BCUT2D eigenvalue weighted by molar-refractivity contribution is -0.999. The number of Topliss-reactive ketones (excluding diaryl/α,β-unsaturated/α-hetero) is 1. The number of quaternary nitrogens is 2. The van der Waals surface area contributed by atoms with E-state index in [-0.39, 0.29) is 17.9 Å². The number of nitrogens with one attached hydrogen (secondary N) is 2. The summed E-state index contributed by atoms with van der Waals surface area (Å²) in [5.74, 6) is 1.31. The van der Waals surface area contributed by atoms with Crippen molar-refractivity contribution in [2.75, 3.05) is 59.7 Å². The second kappa shape index (κ2) is 9.54. The van der Waals surface area contributed by atoms with Crippen LogP contribution in [0.2, 0.25) is 0 Å². The smallest absolute Gasteiger partial charge is 0.261 e. The van der Waals surface area contributed by atoms with Crippen LogP contribution in [0.5, 0.6) is 5.75 Å². The maximum Gasteiger partial charge on any atom is 0.261 e. The van der Waals surface area contributed by atoms with Gasteiger partial charge in [0.15, 0.2) is 11.8 Å². The van der Waals surface area contributed by atoms with Crippen molar-refractivity contribution in [3.8, 4) is 5.75 Å². The Balaban J connectivity index is 1.74. The molecule has 3 heterocycles. The number of benzene rings is 1. The molecule has 4 rings (SSSR count). The van der Waals surface area contributed by atoms with E-state index in [0.717, 1.165) is 37.5 Å². The molecule has 156 valence electrons. The first-order valence-electron chi connectivity index (χ1n) is 10.3. The highest BCUT2D eigenvalue weighted by molar-refractivity contribution is 5.97. The molecule has 7 heteroatoms. The zero-order chi connectivity index (χ0) is 20.1. The number of methoxy groups -OCH3 is 1. The summed E-state index contributed by atoms with van der Waals surface area (Å²) in [4.78, 5) is 16.3. The van der Waals surface area contributed by atoms with E-state index in [1.807, 2.05) is 12.1 Å². The van der Waals surface area contributed by atoms with Crippen molar-refractivity contribution in [3.63, 3.8) is 0 Å². The third-order valence-electron chi connectivity index (χ3n) is 6.00. The molecule has 2 unspecified atom stereocenters. The van der Waals surface area contributed by atoms with Gasteiger partial charge in [-0.1, -0.05) is 0 Å². The number of carbonyl (C=O) groups excluding carboxylic acids is 1. The molecule has 7 nitrogen and oxygen atoms in total. The molecule has 2 saturated heterocycles. The molecule has 0 bridgehead atoms. The molecule has 29 heavy (non-hydrogen) atoms. The van der Waals surface area contributed by atoms with E-state index in [1.54, 1.807) is 25.5 Å². The molecule has 0 amide bonds. The van der Waals surface area contributed by atoms with Crippen LogP contribution in [-0.2, 0) is 9.47 Å². The highest BCUT2D eigenvalue weighted by Gasteiger charge is 2.46. The highest BCUT2D eigenvalue weighted by Crippen LogP contribution is 2.20. The summed E-state index contributed by atoms with van der Waals surface area (Å²) in [5.41, 5.74) is 1.14. The third kappa shape index (κ3) is 4.53. The second-order valence-corrected chi connectivity index (χ2v) is 7.61. The first-order chi connectivity index (χ1) is 14.3. The summed E-state index contributed by atoms with van der Waals surface area (Å²) in [5, 5.41) is 0. The molecular weight excluding hydrogens is 372 g/mol. The molecule has 2 aromatic rings. The SMILES string of the molecule is COc1ccc(C(C(C(=O)c2ccco2)[NH+]2CCOCC2)[NH+]2CCOCC2)cc1. The molecule has 2 fully saturated rings. The molecular formula is C22H30N2O5+2. The highest BCUT2D eigenvalue weighted by atomic mass is 16.5. The number of ketones is 1. The summed E-state index contributed by atoms with van der Waals surface area (Å²) >= 11 is 0. The Hall–Kier alpha value is -2.19. The van der Waals surface area contributed by atoms with Gasteiger partial charge in [0.25, 0.3) is 5.78 Å². The number of furan rings is 1. The van der Waals surface area contributed by atoms with Crippen LogP contribution in [-0.4, -0.2) is 71.5 Å². The van der Waals surface area contributed by atoms with Crippen LogP contribution in [0, 0.1) is 0 Å². The fourth-order valence-corrected chi connectivity index (χ4v) is 4.51. The van der Waals surface area contributed by atoms with E-state index in [2.05, 4.69) is 12.1 Å². The van der Waals surface area contributed by atoms with E-state index in [4.69, 9.17) is 18.6 Å². The lowest BCUT2D eigenvalue weighted by Gasteiger charge is -2.39. The Labute approximate surface area is 171 Å². The summed E-state index contributed by atoms with van der Waals surface area (Å²) in [7, 11) is 1.67. The van der Waals surface area contributed by atoms with Crippen molar-refractivity contribution in [2.45, 2.75) is 12.1 Å². The monoisotopic (exact) mass is 402 g/mol. The van der Waals surface area contributed by atoms with Crippen LogP contribution >= 0.6 is 0 Å². The topological polar surface area (TPSA) is 66.8 Å². The van der Waals surface area contributed by atoms with E-state index in [9.17, 15) is 4.79 Å². The van der Waals surface area contributed by atoms with Crippen LogP contribution in [0.15, 0.2) is 47.1 Å². The molecule has 2 aliphatic heterocycles. The molecule has 2 atom stereocenters. The lowest BCUT2D eigenvalue weighted by Crippen LogP contribution is -3.25. The summed E-state index contributed by atoms with van der Waals surface area (Å²) in [6.45, 7) is 6.15. The average molecular weight is 402 g/mol. The van der Waals surface area contributed by atoms with Crippen LogP contribution < -0.4 is 14.5 Å². The molecule has 2 aliphatic rings. The van der Waals surface area contributed by atoms with Gasteiger partial charge in [0, 0.05) is 5.56 Å². The normalized spacial score (nSPS) is 20.9. The van der Waals surface area contributed by atoms with Crippen molar-refractivity contribution in [1.29, 1.82) is 0 Å². The van der Waals surface area contributed by atoms with Gasteiger partial charge in [0.05, 0.1) is 39.8 Å². The van der Waals surface area contributed by atoms with Gasteiger partial charge in [0.1, 0.15) is 31.9 Å².